The van der Waals surface area contributed by atoms with E-state index < -0.39 is 0 Å². The first-order valence-corrected chi connectivity index (χ1v) is 7.76. The number of rotatable bonds is 5. The van der Waals surface area contributed by atoms with Crippen molar-refractivity contribution in [3.8, 4) is 11.5 Å². The first kappa shape index (κ1) is 15.9. The Morgan fingerprint density at radius 3 is 2.79 bits per heavy atom. The third-order valence-electron chi connectivity index (χ3n) is 3.36. The van der Waals surface area contributed by atoms with Crippen LogP contribution in [0.4, 0.5) is 16.3 Å². The summed E-state index contributed by atoms with van der Waals surface area (Å²) in [4.78, 5) is 15.8. The molecule has 0 saturated heterocycles. The summed E-state index contributed by atoms with van der Waals surface area (Å²) in [6, 6.07) is 9.27. The number of anilines is 2. The summed E-state index contributed by atoms with van der Waals surface area (Å²) in [6.45, 7) is 4.71. The predicted molar refractivity (Wildman–Crippen MR) is 91.4 cm³/mol. The van der Waals surface area contributed by atoms with Crippen molar-refractivity contribution in [1.82, 2.24) is 10.3 Å². The highest BCUT2D eigenvalue weighted by molar-refractivity contribution is 5.88. The van der Waals surface area contributed by atoms with Gasteiger partial charge in [0.1, 0.15) is 5.82 Å². The van der Waals surface area contributed by atoms with Crippen LogP contribution in [0, 0.1) is 0 Å². The van der Waals surface area contributed by atoms with E-state index in [0.29, 0.717) is 12.4 Å². The predicted octanol–water partition coefficient (Wildman–Crippen LogP) is 2.95. The summed E-state index contributed by atoms with van der Waals surface area (Å²) >= 11 is 0. The number of fused-ring (bicyclic) bond motifs is 1. The van der Waals surface area contributed by atoms with Crippen molar-refractivity contribution in [1.29, 1.82) is 0 Å². The van der Waals surface area contributed by atoms with E-state index in [1.807, 2.05) is 38.1 Å². The van der Waals surface area contributed by atoms with Gasteiger partial charge in [0, 0.05) is 12.6 Å². The maximum atomic E-state index is 11.6. The van der Waals surface area contributed by atoms with Crippen LogP contribution < -0.4 is 25.4 Å². The Kier molecular flexibility index (Phi) is 4.69. The maximum Gasteiger partial charge on any atom is 0.320 e. The number of carbonyl (C=O) groups excluding carboxylic acids is 1. The Morgan fingerprint density at radius 1 is 1.21 bits per heavy atom. The molecule has 0 atom stereocenters. The van der Waals surface area contributed by atoms with Gasteiger partial charge in [0.05, 0.1) is 11.9 Å². The monoisotopic (exact) mass is 328 g/mol. The molecule has 3 N–H and O–H groups in total. The minimum Gasteiger partial charge on any atom is -0.454 e. The van der Waals surface area contributed by atoms with E-state index in [1.165, 1.54) is 0 Å². The molecule has 126 valence electrons. The minimum absolute atomic E-state index is 0.0765. The lowest BCUT2D eigenvalue weighted by molar-refractivity contribution is 0.174. The molecule has 0 spiro atoms. The number of urea groups is 1. The van der Waals surface area contributed by atoms with Crippen LogP contribution in [0.15, 0.2) is 36.5 Å². The van der Waals surface area contributed by atoms with Gasteiger partial charge in [0.25, 0.3) is 0 Å². The van der Waals surface area contributed by atoms with Gasteiger partial charge >= 0.3 is 6.03 Å². The number of hydrogen-bond donors (Lipinski definition) is 3. The van der Waals surface area contributed by atoms with Crippen molar-refractivity contribution in [3.63, 3.8) is 0 Å². The summed E-state index contributed by atoms with van der Waals surface area (Å²) in [7, 11) is 0. The smallest absolute Gasteiger partial charge is 0.320 e. The number of pyridine rings is 1. The Hall–Kier alpha value is -2.96. The van der Waals surface area contributed by atoms with Gasteiger partial charge in [-0.3, -0.25) is 5.32 Å². The number of ether oxygens (including phenoxy) is 2. The van der Waals surface area contributed by atoms with Crippen molar-refractivity contribution in [2.75, 3.05) is 17.4 Å². The molecule has 3 rings (SSSR count). The lowest BCUT2D eigenvalue weighted by Crippen LogP contribution is -2.34. The first-order valence-electron chi connectivity index (χ1n) is 7.76. The van der Waals surface area contributed by atoms with E-state index in [9.17, 15) is 4.79 Å². The van der Waals surface area contributed by atoms with E-state index in [0.717, 1.165) is 22.7 Å². The summed E-state index contributed by atoms with van der Waals surface area (Å²) in [6.07, 6.45) is 1.68. The number of nitrogens with zero attached hydrogens (tertiary/aromatic N) is 1. The Bertz CT molecular complexity index is 716. The molecule has 24 heavy (non-hydrogen) atoms. The third-order valence-corrected chi connectivity index (χ3v) is 3.36. The second kappa shape index (κ2) is 7.08. The van der Waals surface area contributed by atoms with Crippen LogP contribution >= 0.6 is 0 Å². The topological polar surface area (TPSA) is 84.5 Å². The van der Waals surface area contributed by atoms with Crippen LogP contribution in [0.25, 0.3) is 0 Å². The molecule has 1 aromatic heterocycles. The lowest BCUT2D eigenvalue weighted by atomic mass is 10.2. The first-order chi connectivity index (χ1) is 11.6. The molecule has 0 radical (unpaired) electrons. The van der Waals surface area contributed by atoms with E-state index in [4.69, 9.17) is 9.47 Å². The molecule has 0 fully saturated rings. The van der Waals surface area contributed by atoms with Gasteiger partial charge in [-0.1, -0.05) is 6.07 Å². The average molecular weight is 328 g/mol. The molecule has 1 aliphatic rings. The third kappa shape index (κ3) is 4.07. The summed E-state index contributed by atoms with van der Waals surface area (Å²) in [5.41, 5.74) is 1.94. The number of hydrogen-bond acceptors (Lipinski definition) is 5. The van der Waals surface area contributed by atoms with Crippen LogP contribution in [0.5, 0.6) is 11.5 Å². The second-order valence-corrected chi connectivity index (χ2v) is 5.73. The van der Waals surface area contributed by atoms with Crippen molar-refractivity contribution in [2.24, 2.45) is 0 Å². The van der Waals surface area contributed by atoms with Crippen molar-refractivity contribution in [2.45, 2.75) is 26.4 Å². The van der Waals surface area contributed by atoms with Gasteiger partial charge in [0.15, 0.2) is 11.5 Å². The molecule has 1 aromatic carbocycles. The number of nitrogens with one attached hydrogen (secondary N) is 3. The van der Waals surface area contributed by atoms with Crippen LogP contribution in [-0.2, 0) is 6.54 Å². The van der Waals surface area contributed by atoms with Gasteiger partial charge in [-0.15, -0.1) is 0 Å². The average Bonchev–Trinajstić information content (AvgIpc) is 3.01. The quantitative estimate of drug-likeness (QED) is 0.786. The summed E-state index contributed by atoms with van der Waals surface area (Å²) < 4.78 is 10.7. The fraction of sp³-hybridized carbons (Fsp3) is 0.294. The fourth-order valence-corrected chi connectivity index (χ4v) is 2.24. The molecular weight excluding hydrogens is 308 g/mol. The highest BCUT2D eigenvalue weighted by Crippen LogP contribution is 2.32. The lowest BCUT2D eigenvalue weighted by Gasteiger charge is -2.10. The maximum absolute atomic E-state index is 11.6. The van der Waals surface area contributed by atoms with Gasteiger partial charge < -0.3 is 20.1 Å². The second-order valence-electron chi connectivity index (χ2n) is 5.73. The zero-order chi connectivity index (χ0) is 16.9. The fourth-order valence-electron chi connectivity index (χ4n) is 2.24. The Morgan fingerprint density at radius 2 is 2.04 bits per heavy atom. The van der Waals surface area contributed by atoms with E-state index >= 15 is 0 Å². The molecule has 2 aromatic rings. The van der Waals surface area contributed by atoms with Crippen LogP contribution in [0.3, 0.4) is 0 Å². The number of benzene rings is 1. The number of carbonyl (C=O) groups is 1. The molecule has 2 amide bonds. The standard InChI is InChI=1S/C17H20N4O3/c1-11(2)20-17(22)21-16-6-4-13(9-19-16)18-8-12-3-5-14-15(7-12)24-10-23-14/h3-7,9,11,18H,8,10H2,1-2H3,(H2,19,20,21,22). The molecule has 1 aliphatic heterocycles. The summed E-state index contributed by atoms with van der Waals surface area (Å²) in [5.74, 6) is 2.04. The normalized spacial score (nSPS) is 12.1. The number of aromatic nitrogens is 1. The molecule has 7 heteroatoms. The molecule has 7 nitrogen and oxygen atoms in total. The molecule has 0 aliphatic carbocycles. The Balaban J connectivity index is 1.53. The zero-order valence-corrected chi connectivity index (χ0v) is 13.6. The van der Waals surface area contributed by atoms with Crippen LogP contribution in [0.2, 0.25) is 0 Å². The molecule has 0 saturated carbocycles. The summed E-state index contributed by atoms with van der Waals surface area (Å²) in [5, 5.41) is 8.71. The SMILES string of the molecule is CC(C)NC(=O)Nc1ccc(NCc2ccc3c(c2)OCO3)cn1. The van der Waals surface area contributed by atoms with E-state index in [1.54, 1.807) is 12.3 Å². The molecule has 0 unspecified atom stereocenters. The largest absolute Gasteiger partial charge is 0.454 e. The van der Waals surface area contributed by atoms with Crippen molar-refractivity contribution in [3.05, 3.63) is 42.1 Å². The Labute approximate surface area is 140 Å². The number of amides is 2. The zero-order valence-electron chi connectivity index (χ0n) is 13.6. The van der Waals surface area contributed by atoms with Gasteiger partial charge in [-0.25, -0.2) is 9.78 Å². The van der Waals surface area contributed by atoms with Crippen molar-refractivity contribution >= 4 is 17.5 Å². The van der Waals surface area contributed by atoms with Crippen molar-refractivity contribution < 1.29 is 14.3 Å². The molecular formula is C17H20N4O3. The minimum atomic E-state index is -0.265. The van der Waals surface area contributed by atoms with Gasteiger partial charge in [-0.2, -0.15) is 0 Å². The van der Waals surface area contributed by atoms with E-state index in [-0.39, 0.29) is 18.9 Å². The molecule has 0 bridgehead atoms. The highest BCUT2D eigenvalue weighted by Gasteiger charge is 2.13. The van der Waals surface area contributed by atoms with E-state index in [2.05, 4.69) is 20.9 Å². The van der Waals surface area contributed by atoms with Crippen LogP contribution in [-0.4, -0.2) is 23.8 Å². The molecule has 2 heterocycles. The van der Waals surface area contributed by atoms with Crippen LogP contribution in [0.1, 0.15) is 19.4 Å². The van der Waals surface area contributed by atoms with Gasteiger partial charge in [0.2, 0.25) is 6.79 Å². The van der Waals surface area contributed by atoms with Gasteiger partial charge in [-0.05, 0) is 43.7 Å². The highest BCUT2D eigenvalue weighted by atomic mass is 16.7.